The average molecular weight is 185 g/mol. The topological polar surface area (TPSA) is 58.4 Å². The molecule has 0 aromatic rings. The third-order valence-corrected chi connectivity index (χ3v) is 2.40. The first-order valence-corrected chi connectivity index (χ1v) is 5.01. The maximum Gasteiger partial charge on any atom is 0.238 e. The van der Waals surface area contributed by atoms with E-state index in [0.29, 0.717) is 6.54 Å². The van der Waals surface area contributed by atoms with E-state index >= 15 is 0 Å². The Morgan fingerprint density at radius 1 is 1.69 bits per heavy atom. The molecule has 1 atom stereocenters. The van der Waals surface area contributed by atoms with Crippen LogP contribution in [-0.2, 0) is 4.79 Å². The van der Waals surface area contributed by atoms with Crippen molar-refractivity contribution in [3.8, 4) is 0 Å². The third-order valence-electron chi connectivity index (χ3n) is 2.40. The van der Waals surface area contributed by atoms with Crippen LogP contribution in [0.5, 0.6) is 0 Å². The van der Waals surface area contributed by atoms with E-state index in [-0.39, 0.29) is 11.9 Å². The number of hydrogen-bond donors (Lipinski definition) is 2. The molecule has 1 fully saturated rings. The lowest BCUT2D eigenvalue weighted by molar-refractivity contribution is -0.125. The Morgan fingerprint density at radius 3 is 3.08 bits per heavy atom. The van der Waals surface area contributed by atoms with Gasteiger partial charge in [-0.1, -0.05) is 6.92 Å². The van der Waals surface area contributed by atoms with Crippen molar-refractivity contribution in [2.75, 3.05) is 26.2 Å². The van der Waals surface area contributed by atoms with Gasteiger partial charge in [-0.05, 0) is 19.4 Å². The molecule has 0 aromatic carbocycles. The first-order chi connectivity index (χ1) is 6.29. The molecule has 1 aliphatic rings. The summed E-state index contributed by atoms with van der Waals surface area (Å²) in [6.07, 6.45) is 2.10. The highest BCUT2D eigenvalue weighted by Crippen LogP contribution is 2.04. The fourth-order valence-corrected chi connectivity index (χ4v) is 1.74. The maximum absolute atomic E-state index is 11.5. The van der Waals surface area contributed by atoms with E-state index in [1.54, 1.807) is 0 Å². The highest BCUT2D eigenvalue weighted by Gasteiger charge is 2.25. The number of amides is 1. The Kier molecular flexibility index (Phi) is 4.18. The van der Waals surface area contributed by atoms with Crippen molar-refractivity contribution in [1.82, 2.24) is 10.2 Å². The smallest absolute Gasteiger partial charge is 0.238 e. The second kappa shape index (κ2) is 5.19. The van der Waals surface area contributed by atoms with Crippen molar-refractivity contribution >= 4 is 5.91 Å². The molecular weight excluding hydrogens is 166 g/mol. The van der Waals surface area contributed by atoms with Gasteiger partial charge in [-0.15, -0.1) is 0 Å². The van der Waals surface area contributed by atoms with Gasteiger partial charge in [-0.25, -0.2) is 0 Å². The zero-order valence-corrected chi connectivity index (χ0v) is 8.25. The Labute approximate surface area is 79.5 Å². The molecular formula is C9H19N3O. The zero-order chi connectivity index (χ0) is 9.68. The van der Waals surface area contributed by atoms with Gasteiger partial charge in [-0.2, -0.15) is 0 Å². The summed E-state index contributed by atoms with van der Waals surface area (Å²) in [4.78, 5) is 13.7. The molecule has 1 amide bonds. The van der Waals surface area contributed by atoms with Crippen molar-refractivity contribution in [1.29, 1.82) is 0 Å². The Balaban J connectivity index is 2.59. The summed E-state index contributed by atoms with van der Waals surface area (Å²) in [7, 11) is 0. The largest absolute Gasteiger partial charge is 0.355 e. The number of nitrogens with zero attached hydrogens (tertiary/aromatic N) is 1. The highest BCUT2D eigenvalue weighted by molar-refractivity contribution is 5.82. The van der Waals surface area contributed by atoms with E-state index < -0.39 is 0 Å². The first-order valence-electron chi connectivity index (χ1n) is 5.01. The normalized spacial score (nSPS) is 25.4. The third kappa shape index (κ3) is 2.67. The minimum atomic E-state index is -0.109. The minimum absolute atomic E-state index is 0.0912. The second-order valence-corrected chi connectivity index (χ2v) is 3.43. The minimum Gasteiger partial charge on any atom is -0.355 e. The Bertz CT molecular complexity index is 172. The van der Waals surface area contributed by atoms with Crippen LogP contribution in [0.15, 0.2) is 0 Å². The predicted molar refractivity (Wildman–Crippen MR) is 52.3 cm³/mol. The van der Waals surface area contributed by atoms with E-state index in [2.05, 4.69) is 17.1 Å². The Morgan fingerprint density at radius 2 is 2.46 bits per heavy atom. The van der Waals surface area contributed by atoms with Crippen molar-refractivity contribution in [2.24, 2.45) is 5.73 Å². The molecule has 3 N–H and O–H groups in total. The van der Waals surface area contributed by atoms with E-state index in [0.717, 1.165) is 32.5 Å². The molecule has 1 saturated heterocycles. The first kappa shape index (κ1) is 10.5. The van der Waals surface area contributed by atoms with Crippen molar-refractivity contribution < 1.29 is 4.79 Å². The van der Waals surface area contributed by atoms with E-state index in [1.165, 1.54) is 0 Å². The van der Waals surface area contributed by atoms with Crippen LogP contribution in [0, 0.1) is 0 Å². The molecule has 4 heteroatoms. The molecule has 1 rings (SSSR count). The molecule has 0 bridgehead atoms. The van der Waals surface area contributed by atoms with Crippen molar-refractivity contribution in [3.05, 3.63) is 0 Å². The molecule has 1 aliphatic heterocycles. The summed E-state index contributed by atoms with van der Waals surface area (Å²) in [5.74, 6) is 0.0912. The number of rotatable bonds is 3. The van der Waals surface area contributed by atoms with E-state index in [4.69, 9.17) is 5.73 Å². The lowest BCUT2D eigenvalue weighted by Gasteiger charge is -2.26. The molecule has 0 spiro atoms. The van der Waals surface area contributed by atoms with Crippen LogP contribution in [0.25, 0.3) is 0 Å². The summed E-state index contributed by atoms with van der Waals surface area (Å²) in [5.41, 5.74) is 5.58. The van der Waals surface area contributed by atoms with Crippen LogP contribution in [-0.4, -0.2) is 43.0 Å². The van der Waals surface area contributed by atoms with E-state index in [9.17, 15) is 4.79 Å². The molecule has 13 heavy (non-hydrogen) atoms. The fourth-order valence-electron chi connectivity index (χ4n) is 1.74. The molecule has 4 nitrogen and oxygen atoms in total. The summed E-state index contributed by atoms with van der Waals surface area (Å²) in [5, 5.41) is 2.87. The van der Waals surface area contributed by atoms with Crippen molar-refractivity contribution in [3.63, 3.8) is 0 Å². The number of hydrogen-bond acceptors (Lipinski definition) is 3. The van der Waals surface area contributed by atoms with Gasteiger partial charge < -0.3 is 11.1 Å². The SMILES string of the molecule is CCCN1CCCNC(=O)C1CN. The molecule has 1 unspecified atom stereocenters. The van der Waals surface area contributed by atoms with Crippen LogP contribution >= 0.6 is 0 Å². The lowest BCUT2D eigenvalue weighted by Crippen LogP contribution is -2.48. The predicted octanol–water partition coefficient (Wildman–Crippen LogP) is -0.454. The van der Waals surface area contributed by atoms with Gasteiger partial charge >= 0.3 is 0 Å². The van der Waals surface area contributed by atoms with Gasteiger partial charge in [-0.3, -0.25) is 9.69 Å². The second-order valence-electron chi connectivity index (χ2n) is 3.43. The quantitative estimate of drug-likeness (QED) is 0.626. The van der Waals surface area contributed by atoms with Crippen LogP contribution in [0.4, 0.5) is 0 Å². The van der Waals surface area contributed by atoms with Crippen LogP contribution in [0.3, 0.4) is 0 Å². The van der Waals surface area contributed by atoms with E-state index in [1.807, 2.05) is 0 Å². The van der Waals surface area contributed by atoms with Crippen LogP contribution < -0.4 is 11.1 Å². The van der Waals surface area contributed by atoms with Gasteiger partial charge in [0.15, 0.2) is 0 Å². The lowest BCUT2D eigenvalue weighted by atomic mass is 10.2. The Hall–Kier alpha value is -0.610. The molecule has 1 heterocycles. The molecule has 0 aromatic heterocycles. The molecule has 0 aliphatic carbocycles. The summed E-state index contributed by atoms with van der Waals surface area (Å²) in [6.45, 7) is 5.28. The number of carbonyl (C=O) groups is 1. The van der Waals surface area contributed by atoms with Gasteiger partial charge in [0.25, 0.3) is 0 Å². The van der Waals surface area contributed by atoms with Gasteiger partial charge in [0.1, 0.15) is 6.04 Å². The van der Waals surface area contributed by atoms with Gasteiger partial charge in [0.2, 0.25) is 5.91 Å². The van der Waals surface area contributed by atoms with Gasteiger partial charge in [0.05, 0.1) is 0 Å². The van der Waals surface area contributed by atoms with Crippen LogP contribution in [0.1, 0.15) is 19.8 Å². The fraction of sp³-hybridized carbons (Fsp3) is 0.889. The standard InChI is InChI=1S/C9H19N3O/c1-2-5-12-6-3-4-11-9(13)8(12)7-10/h8H,2-7,10H2,1H3,(H,11,13). The highest BCUT2D eigenvalue weighted by atomic mass is 16.2. The molecule has 76 valence electrons. The summed E-state index contributed by atoms with van der Waals surface area (Å²) >= 11 is 0. The number of nitrogens with one attached hydrogen (secondary N) is 1. The summed E-state index contributed by atoms with van der Waals surface area (Å²) < 4.78 is 0. The van der Waals surface area contributed by atoms with Crippen LogP contribution in [0.2, 0.25) is 0 Å². The zero-order valence-electron chi connectivity index (χ0n) is 8.25. The number of carbonyl (C=O) groups excluding carboxylic acids is 1. The summed E-state index contributed by atoms with van der Waals surface area (Å²) in [6, 6.07) is -0.109. The van der Waals surface area contributed by atoms with Crippen molar-refractivity contribution in [2.45, 2.75) is 25.8 Å². The molecule has 0 saturated carbocycles. The maximum atomic E-state index is 11.5. The average Bonchev–Trinajstić information content (AvgIpc) is 2.28. The molecule has 0 radical (unpaired) electrons. The van der Waals surface area contributed by atoms with Gasteiger partial charge in [0, 0.05) is 19.6 Å². The number of nitrogens with two attached hydrogens (primary N) is 1. The monoisotopic (exact) mass is 185 g/mol.